The smallest absolute Gasteiger partial charge is 0.219 e. The molecule has 27 heavy (non-hydrogen) atoms. The Labute approximate surface area is 155 Å². The Hall–Kier alpha value is -3.60. The number of nitrogens with one attached hydrogen (secondary N) is 1. The number of nitriles is 3. The minimum absolute atomic E-state index is 0.230. The minimum Gasteiger partial charge on any atom is -0.466 e. The van der Waals surface area contributed by atoms with Crippen LogP contribution < -0.4 is 0 Å². The predicted octanol–water partition coefficient (Wildman–Crippen LogP) is 3.40. The first kappa shape index (κ1) is 16.8. The second kappa shape index (κ2) is 5.45. The van der Waals surface area contributed by atoms with Gasteiger partial charge in [0.15, 0.2) is 11.5 Å². The molecular formula is C20H14N4O3. The molecule has 132 valence electrons. The standard InChI is InChI=1S/C20H14N4O3/c1-18-15(13-6-3-2-4-7-13)20(12-23,17(24)27-18)19(10-21,11-22)16(26-18)14-8-5-9-25-14/h2-9,15-16,24H,1H3/t15-,16+,18+,20+/m0/s1. The van der Waals surface area contributed by atoms with Gasteiger partial charge in [-0.05, 0) is 17.7 Å². The number of ether oxygens (including phenoxy) is 2. The van der Waals surface area contributed by atoms with Gasteiger partial charge in [-0.15, -0.1) is 0 Å². The predicted molar refractivity (Wildman–Crippen MR) is 90.6 cm³/mol. The van der Waals surface area contributed by atoms with Crippen molar-refractivity contribution >= 4 is 5.90 Å². The summed E-state index contributed by atoms with van der Waals surface area (Å²) < 4.78 is 17.2. The van der Waals surface area contributed by atoms with Crippen molar-refractivity contribution < 1.29 is 13.9 Å². The molecule has 7 nitrogen and oxygen atoms in total. The third-order valence-electron chi connectivity index (χ3n) is 5.45. The summed E-state index contributed by atoms with van der Waals surface area (Å²) >= 11 is 0. The molecule has 3 heterocycles. The van der Waals surface area contributed by atoms with E-state index >= 15 is 0 Å². The Bertz CT molecular complexity index is 1010. The van der Waals surface area contributed by atoms with Crippen molar-refractivity contribution in [3.63, 3.8) is 0 Å². The van der Waals surface area contributed by atoms with Gasteiger partial charge in [-0.2, -0.15) is 15.8 Å². The maximum absolute atomic E-state index is 10.2. The van der Waals surface area contributed by atoms with Gasteiger partial charge in [-0.25, -0.2) is 0 Å². The third-order valence-corrected chi connectivity index (χ3v) is 5.45. The van der Waals surface area contributed by atoms with Gasteiger partial charge >= 0.3 is 0 Å². The van der Waals surface area contributed by atoms with Crippen molar-refractivity contribution in [2.24, 2.45) is 10.8 Å². The lowest BCUT2D eigenvalue weighted by Crippen LogP contribution is -2.57. The molecule has 1 aromatic heterocycles. The van der Waals surface area contributed by atoms with Gasteiger partial charge in [0.25, 0.3) is 0 Å². The Morgan fingerprint density at radius 1 is 1.00 bits per heavy atom. The number of fused-ring (bicyclic) bond motifs is 2. The highest BCUT2D eigenvalue weighted by molar-refractivity contribution is 5.90. The third kappa shape index (κ3) is 1.83. The van der Waals surface area contributed by atoms with E-state index < -0.39 is 34.5 Å². The van der Waals surface area contributed by atoms with Crippen LogP contribution in [-0.2, 0) is 9.47 Å². The molecule has 0 amide bonds. The molecule has 1 aromatic carbocycles. The summed E-state index contributed by atoms with van der Waals surface area (Å²) in [6.07, 6.45) is 0.215. The van der Waals surface area contributed by atoms with Gasteiger partial charge in [0.1, 0.15) is 5.76 Å². The summed E-state index contributed by atoms with van der Waals surface area (Å²) in [6, 6.07) is 18.2. The number of rotatable bonds is 2. The van der Waals surface area contributed by atoms with E-state index in [2.05, 4.69) is 6.07 Å². The first-order valence-electron chi connectivity index (χ1n) is 8.27. The first-order chi connectivity index (χ1) is 13.0. The quantitative estimate of drug-likeness (QED) is 0.876. The van der Waals surface area contributed by atoms with Gasteiger partial charge in [0.2, 0.25) is 17.1 Å². The molecule has 7 heteroatoms. The van der Waals surface area contributed by atoms with Crippen LogP contribution in [0.3, 0.4) is 0 Å². The van der Waals surface area contributed by atoms with E-state index in [4.69, 9.17) is 19.3 Å². The fraction of sp³-hybridized carbons (Fsp3) is 0.300. The molecule has 2 aliphatic heterocycles. The molecule has 0 unspecified atom stereocenters. The van der Waals surface area contributed by atoms with Crippen molar-refractivity contribution in [1.82, 2.24) is 0 Å². The van der Waals surface area contributed by atoms with Crippen LogP contribution in [0.4, 0.5) is 0 Å². The van der Waals surface area contributed by atoms with E-state index in [0.29, 0.717) is 5.56 Å². The molecule has 0 radical (unpaired) electrons. The molecule has 0 saturated carbocycles. The molecular weight excluding hydrogens is 344 g/mol. The maximum atomic E-state index is 10.2. The molecule has 2 aliphatic rings. The zero-order chi connectivity index (χ0) is 19.3. The van der Waals surface area contributed by atoms with Crippen LogP contribution in [0.15, 0.2) is 53.1 Å². The van der Waals surface area contributed by atoms with Crippen molar-refractivity contribution in [3.8, 4) is 18.2 Å². The van der Waals surface area contributed by atoms with Crippen molar-refractivity contribution in [2.45, 2.75) is 24.7 Å². The van der Waals surface area contributed by atoms with E-state index in [0.717, 1.165) is 0 Å². The molecule has 4 atom stereocenters. The van der Waals surface area contributed by atoms with Crippen LogP contribution in [0.1, 0.15) is 30.3 Å². The second-order valence-electron chi connectivity index (χ2n) is 6.76. The Morgan fingerprint density at radius 2 is 1.70 bits per heavy atom. The monoisotopic (exact) mass is 358 g/mol. The van der Waals surface area contributed by atoms with Crippen LogP contribution in [-0.4, -0.2) is 11.7 Å². The zero-order valence-electron chi connectivity index (χ0n) is 14.3. The summed E-state index contributed by atoms with van der Waals surface area (Å²) in [5.74, 6) is -2.47. The summed E-state index contributed by atoms with van der Waals surface area (Å²) in [6.45, 7) is 1.62. The SMILES string of the molecule is C[C@@]12OC(=N)[C@@](C#N)([C@H]1c1ccccc1)C(C#N)(C#N)[C@@H](c1ccco1)O2. The van der Waals surface area contributed by atoms with Crippen LogP contribution in [0.2, 0.25) is 0 Å². The lowest BCUT2D eigenvalue weighted by molar-refractivity contribution is -0.257. The fourth-order valence-corrected chi connectivity index (χ4v) is 4.33. The summed E-state index contributed by atoms with van der Waals surface area (Å²) in [7, 11) is 0. The van der Waals surface area contributed by atoms with Crippen molar-refractivity contribution in [3.05, 3.63) is 60.1 Å². The lowest BCUT2D eigenvalue weighted by Gasteiger charge is -2.48. The summed E-state index contributed by atoms with van der Waals surface area (Å²) in [4.78, 5) is 0. The average Bonchev–Trinajstić information content (AvgIpc) is 3.27. The molecule has 2 saturated heterocycles. The highest BCUT2D eigenvalue weighted by Gasteiger charge is 2.80. The summed E-state index contributed by atoms with van der Waals surface area (Å²) in [5.41, 5.74) is -3.24. The van der Waals surface area contributed by atoms with Crippen molar-refractivity contribution in [2.75, 3.05) is 0 Å². The van der Waals surface area contributed by atoms with Crippen molar-refractivity contribution in [1.29, 1.82) is 21.2 Å². The van der Waals surface area contributed by atoms with Gasteiger partial charge in [-0.3, -0.25) is 5.41 Å². The van der Waals surface area contributed by atoms with E-state index in [1.807, 2.05) is 18.2 Å². The lowest BCUT2D eigenvalue weighted by atomic mass is 9.53. The normalized spacial score (nSPS) is 33.3. The molecule has 0 spiro atoms. The Balaban J connectivity index is 2.06. The van der Waals surface area contributed by atoms with Gasteiger partial charge in [-0.1, -0.05) is 30.3 Å². The number of hydrogen-bond donors (Lipinski definition) is 1. The van der Waals surface area contributed by atoms with Crippen LogP contribution in [0.5, 0.6) is 0 Å². The molecule has 0 aliphatic carbocycles. The second-order valence-corrected chi connectivity index (χ2v) is 6.76. The van der Waals surface area contributed by atoms with Crippen LogP contribution >= 0.6 is 0 Å². The molecule has 1 N–H and O–H groups in total. The van der Waals surface area contributed by atoms with E-state index in [1.54, 1.807) is 43.3 Å². The molecule has 4 rings (SSSR count). The molecule has 2 bridgehead atoms. The van der Waals surface area contributed by atoms with Gasteiger partial charge in [0, 0.05) is 6.92 Å². The highest BCUT2D eigenvalue weighted by Crippen LogP contribution is 2.69. The number of nitrogens with zero attached hydrogens (tertiary/aromatic N) is 3. The minimum atomic E-state index is -2.03. The van der Waals surface area contributed by atoms with Crippen LogP contribution in [0, 0.1) is 50.2 Å². The van der Waals surface area contributed by atoms with Gasteiger partial charge in [0.05, 0.1) is 30.4 Å². The fourth-order valence-electron chi connectivity index (χ4n) is 4.33. The average molecular weight is 358 g/mol. The molecule has 2 aromatic rings. The summed E-state index contributed by atoms with van der Waals surface area (Å²) in [5, 5.41) is 38.9. The maximum Gasteiger partial charge on any atom is 0.219 e. The molecule has 2 fully saturated rings. The van der Waals surface area contributed by atoms with E-state index in [9.17, 15) is 15.8 Å². The van der Waals surface area contributed by atoms with E-state index in [-0.39, 0.29) is 5.76 Å². The highest BCUT2D eigenvalue weighted by atomic mass is 16.7. The Kier molecular flexibility index (Phi) is 3.40. The number of furan rings is 1. The topological polar surface area (TPSA) is 127 Å². The largest absolute Gasteiger partial charge is 0.466 e. The van der Waals surface area contributed by atoms with E-state index in [1.165, 1.54) is 6.26 Å². The first-order valence-corrected chi connectivity index (χ1v) is 8.27. The van der Waals surface area contributed by atoms with Crippen LogP contribution in [0.25, 0.3) is 0 Å². The van der Waals surface area contributed by atoms with Gasteiger partial charge < -0.3 is 13.9 Å². The zero-order valence-corrected chi connectivity index (χ0v) is 14.3. The Morgan fingerprint density at radius 3 is 2.26 bits per heavy atom. The number of hydrogen-bond acceptors (Lipinski definition) is 7. The number of benzene rings is 1.